The number of hydrogen-bond donors (Lipinski definition) is 1. The standard InChI is InChI=1S/C18H21N3O5S/c1-26-16-7-3-2-6-15(16)19-17(22)13-20-12-14(8-9-18(20)23)27(24,25)21-10-4-5-11-21/h2-3,6-9,12H,4-5,10-11,13H2,1H3,(H,19,22). The maximum atomic E-state index is 12.7. The lowest BCUT2D eigenvalue weighted by atomic mass is 10.3. The molecule has 1 N–H and O–H groups in total. The van der Waals surface area contributed by atoms with Crippen molar-refractivity contribution in [3.63, 3.8) is 0 Å². The number of nitrogens with zero attached hydrogens (tertiary/aromatic N) is 2. The number of hydrogen-bond acceptors (Lipinski definition) is 5. The molecule has 2 heterocycles. The van der Waals surface area contributed by atoms with Gasteiger partial charge in [-0.15, -0.1) is 0 Å². The third-order valence-corrected chi connectivity index (χ3v) is 6.24. The Labute approximate surface area is 157 Å². The number of nitrogens with one attached hydrogen (secondary N) is 1. The summed E-state index contributed by atoms with van der Waals surface area (Å²) in [5.41, 5.74) is 0.0180. The summed E-state index contributed by atoms with van der Waals surface area (Å²) in [6.45, 7) is 0.631. The molecule has 1 aliphatic rings. The first-order valence-electron chi connectivity index (χ1n) is 8.55. The average molecular weight is 391 g/mol. The summed E-state index contributed by atoms with van der Waals surface area (Å²) in [5.74, 6) is 0.0286. The molecule has 0 unspecified atom stereocenters. The number of carbonyl (C=O) groups is 1. The van der Waals surface area contributed by atoms with Crippen molar-refractivity contribution < 1.29 is 17.9 Å². The van der Waals surface area contributed by atoms with Crippen LogP contribution in [0.2, 0.25) is 0 Å². The number of aromatic nitrogens is 1. The van der Waals surface area contributed by atoms with Gasteiger partial charge in [0, 0.05) is 25.4 Å². The lowest BCUT2D eigenvalue weighted by Crippen LogP contribution is -2.31. The number of para-hydroxylation sites is 2. The zero-order chi connectivity index (χ0) is 19.4. The minimum absolute atomic E-state index is 0.00842. The van der Waals surface area contributed by atoms with Crippen molar-refractivity contribution in [1.29, 1.82) is 0 Å². The van der Waals surface area contributed by atoms with E-state index in [1.54, 1.807) is 24.3 Å². The zero-order valence-electron chi connectivity index (χ0n) is 14.9. The van der Waals surface area contributed by atoms with Gasteiger partial charge >= 0.3 is 0 Å². The van der Waals surface area contributed by atoms with Gasteiger partial charge in [-0.1, -0.05) is 12.1 Å². The second kappa shape index (κ2) is 7.93. The van der Waals surface area contributed by atoms with Gasteiger partial charge in [0.15, 0.2) is 0 Å². The molecule has 2 aromatic rings. The van der Waals surface area contributed by atoms with Crippen LogP contribution in [0.3, 0.4) is 0 Å². The number of rotatable bonds is 6. The number of carbonyl (C=O) groups excluding carboxylic acids is 1. The maximum absolute atomic E-state index is 12.7. The fourth-order valence-corrected chi connectivity index (χ4v) is 4.49. The van der Waals surface area contributed by atoms with Gasteiger partial charge in [0.1, 0.15) is 12.3 Å². The molecule has 8 nitrogen and oxygen atoms in total. The molecule has 1 aliphatic heterocycles. The van der Waals surface area contributed by atoms with Gasteiger partial charge in [-0.05, 0) is 31.0 Å². The molecular formula is C18H21N3O5S. The van der Waals surface area contributed by atoms with Crippen LogP contribution < -0.4 is 15.6 Å². The molecule has 144 valence electrons. The largest absolute Gasteiger partial charge is 0.495 e. The summed E-state index contributed by atoms with van der Waals surface area (Å²) in [4.78, 5) is 24.4. The van der Waals surface area contributed by atoms with Crippen LogP contribution in [-0.2, 0) is 21.4 Å². The predicted octanol–water partition coefficient (Wildman–Crippen LogP) is 1.28. The molecule has 1 aromatic carbocycles. The second-order valence-electron chi connectivity index (χ2n) is 6.19. The number of methoxy groups -OCH3 is 1. The summed E-state index contributed by atoms with van der Waals surface area (Å²) < 4.78 is 33.0. The van der Waals surface area contributed by atoms with Crippen molar-refractivity contribution >= 4 is 21.6 Å². The number of sulfonamides is 1. The van der Waals surface area contributed by atoms with E-state index < -0.39 is 21.5 Å². The van der Waals surface area contributed by atoms with E-state index in [-0.39, 0.29) is 11.4 Å². The van der Waals surface area contributed by atoms with E-state index in [2.05, 4.69) is 5.32 Å². The van der Waals surface area contributed by atoms with Gasteiger partial charge in [-0.2, -0.15) is 4.31 Å². The highest BCUT2D eigenvalue weighted by atomic mass is 32.2. The molecule has 0 atom stereocenters. The van der Waals surface area contributed by atoms with Crippen molar-refractivity contribution in [2.45, 2.75) is 24.3 Å². The molecule has 0 saturated carbocycles. The molecule has 1 saturated heterocycles. The number of ether oxygens (including phenoxy) is 1. The first kappa shape index (κ1) is 19.1. The van der Waals surface area contributed by atoms with Crippen LogP contribution in [0.25, 0.3) is 0 Å². The molecule has 0 spiro atoms. The van der Waals surface area contributed by atoms with Crippen molar-refractivity contribution in [2.75, 3.05) is 25.5 Å². The smallest absolute Gasteiger partial charge is 0.251 e. The van der Waals surface area contributed by atoms with Crippen LogP contribution in [0.5, 0.6) is 5.75 Å². The maximum Gasteiger partial charge on any atom is 0.251 e. The molecule has 0 aliphatic carbocycles. The van der Waals surface area contributed by atoms with Crippen molar-refractivity contribution in [3.8, 4) is 5.75 Å². The fraction of sp³-hybridized carbons (Fsp3) is 0.333. The van der Waals surface area contributed by atoms with Gasteiger partial charge in [0.2, 0.25) is 15.9 Å². The third-order valence-electron chi connectivity index (χ3n) is 4.35. The van der Waals surface area contributed by atoms with E-state index >= 15 is 0 Å². The van der Waals surface area contributed by atoms with Gasteiger partial charge < -0.3 is 14.6 Å². The van der Waals surface area contributed by atoms with E-state index in [1.807, 2.05) is 0 Å². The Morgan fingerprint density at radius 2 is 1.85 bits per heavy atom. The van der Waals surface area contributed by atoms with Crippen molar-refractivity contribution in [3.05, 3.63) is 52.9 Å². The highest BCUT2D eigenvalue weighted by molar-refractivity contribution is 7.89. The average Bonchev–Trinajstić information content (AvgIpc) is 3.19. The van der Waals surface area contributed by atoms with E-state index in [4.69, 9.17) is 4.74 Å². The molecule has 3 rings (SSSR count). The molecule has 0 bridgehead atoms. The molecule has 1 aromatic heterocycles. The van der Waals surface area contributed by atoms with Crippen LogP contribution in [0.4, 0.5) is 5.69 Å². The molecule has 1 amide bonds. The van der Waals surface area contributed by atoms with E-state index in [0.717, 1.165) is 17.4 Å². The van der Waals surface area contributed by atoms with Gasteiger partial charge in [-0.3, -0.25) is 9.59 Å². The van der Waals surface area contributed by atoms with E-state index in [9.17, 15) is 18.0 Å². The van der Waals surface area contributed by atoms with Crippen LogP contribution in [0.1, 0.15) is 12.8 Å². The topological polar surface area (TPSA) is 97.7 Å². The predicted molar refractivity (Wildman–Crippen MR) is 100 cm³/mol. The Kier molecular flexibility index (Phi) is 5.62. The molecule has 0 radical (unpaired) electrons. The highest BCUT2D eigenvalue weighted by Crippen LogP contribution is 2.23. The van der Waals surface area contributed by atoms with Crippen LogP contribution in [-0.4, -0.2) is 43.4 Å². The Morgan fingerprint density at radius 3 is 2.56 bits per heavy atom. The normalized spacial score (nSPS) is 14.9. The number of anilines is 1. The Hall–Kier alpha value is -2.65. The molecule has 1 fully saturated rings. The lowest BCUT2D eigenvalue weighted by Gasteiger charge is -2.16. The fourth-order valence-electron chi connectivity index (χ4n) is 2.96. The second-order valence-corrected chi connectivity index (χ2v) is 8.13. The minimum Gasteiger partial charge on any atom is -0.495 e. The first-order valence-corrected chi connectivity index (χ1v) is 9.99. The van der Waals surface area contributed by atoms with Crippen molar-refractivity contribution in [1.82, 2.24) is 8.87 Å². The monoisotopic (exact) mass is 391 g/mol. The van der Waals surface area contributed by atoms with Crippen LogP contribution in [0, 0.1) is 0 Å². The van der Waals surface area contributed by atoms with Crippen LogP contribution >= 0.6 is 0 Å². The highest BCUT2D eigenvalue weighted by Gasteiger charge is 2.27. The summed E-state index contributed by atoms with van der Waals surface area (Å²) >= 11 is 0. The molecular weight excluding hydrogens is 370 g/mol. The summed E-state index contributed by atoms with van der Waals surface area (Å²) in [5, 5.41) is 2.67. The lowest BCUT2D eigenvalue weighted by molar-refractivity contribution is -0.116. The molecule has 27 heavy (non-hydrogen) atoms. The number of benzene rings is 1. The number of amides is 1. The summed E-state index contributed by atoms with van der Waals surface area (Å²) in [7, 11) is -2.17. The summed E-state index contributed by atoms with van der Waals surface area (Å²) in [6.07, 6.45) is 2.86. The number of pyridine rings is 1. The quantitative estimate of drug-likeness (QED) is 0.800. The third kappa shape index (κ3) is 4.20. The Morgan fingerprint density at radius 1 is 1.15 bits per heavy atom. The van der Waals surface area contributed by atoms with Gasteiger partial charge in [-0.25, -0.2) is 8.42 Å². The first-order chi connectivity index (χ1) is 12.9. The minimum atomic E-state index is -3.66. The SMILES string of the molecule is COc1ccccc1NC(=O)Cn1cc(S(=O)(=O)N2CCCC2)ccc1=O. The Balaban J connectivity index is 1.80. The van der Waals surface area contributed by atoms with Crippen LogP contribution in [0.15, 0.2) is 52.3 Å². The van der Waals surface area contributed by atoms with E-state index in [0.29, 0.717) is 24.5 Å². The molecule has 9 heteroatoms. The van der Waals surface area contributed by atoms with Gasteiger partial charge in [0.25, 0.3) is 5.56 Å². The van der Waals surface area contributed by atoms with Gasteiger partial charge in [0.05, 0.1) is 17.7 Å². The van der Waals surface area contributed by atoms with E-state index in [1.165, 1.54) is 29.7 Å². The Bertz CT molecular complexity index is 994. The zero-order valence-corrected chi connectivity index (χ0v) is 15.7. The summed E-state index contributed by atoms with van der Waals surface area (Å²) in [6, 6.07) is 9.34. The van der Waals surface area contributed by atoms with Crippen molar-refractivity contribution in [2.24, 2.45) is 0 Å².